The summed E-state index contributed by atoms with van der Waals surface area (Å²) in [7, 11) is 0. The molecule has 24 heavy (non-hydrogen) atoms. The smallest absolute Gasteiger partial charge is 0.191 e. The zero-order chi connectivity index (χ0) is 17.5. The lowest BCUT2D eigenvalue weighted by atomic mass is 10.2. The van der Waals surface area contributed by atoms with E-state index in [0.717, 1.165) is 11.4 Å². The molecule has 2 aromatic rings. The maximum atomic E-state index is 9.48. The summed E-state index contributed by atoms with van der Waals surface area (Å²) in [6.45, 7) is 2.53. The standard InChI is InChI=1S/C16H16ClN3O3S/c1-2-23-12-5-3-11(4-6-12)19-16(24)20-18-9-10-7-13(17)15(22)14(21)8-10/h3-9,21-22H,2H2,1H3,(H2,19,20,24)/b18-9+. The minimum absolute atomic E-state index is 0.0338. The Morgan fingerprint density at radius 3 is 2.62 bits per heavy atom. The van der Waals surface area contributed by atoms with E-state index >= 15 is 0 Å². The van der Waals surface area contributed by atoms with E-state index in [-0.39, 0.29) is 16.5 Å². The number of nitrogens with zero attached hydrogens (tertiary/aromatic N) is 1. The molecular weight excluding hydrogens is 350 g/mol. The number of aromatic hydroxyl groups is 2. The van der Waals surface area contributed by atoms with Gasteiger partial charge in [0.2, 0.25) is 0 Å². The Labute approximate surface area is 149 Å². The molecule has 0 unspecified atom stereocenters. The second-order valence-corrected chi connectivity index (χ2v) is 5.47. The number of hydrogen-bond acceptors (Lipinski definition) is 5. The van der Waals surface area contributed by atoms with E-state index in [0.29, 0.717) is 17.3 Å². The number of ether oxygens (including phenoxy) is 1. The van der Waals surface area contributed by atoms with Crippen LogP contribution < -0.4 is 15.5 Å². The molecule has 4 N–H and O–H groups in total. The first-order chi connectivity index (χ1) is 11.5. The van der Waals surface area contributed by atoms with Crippen LogP contribution >= 0.6 is 23.8 Å². The largest absolute Gasteiger partial charge is 0.504 e. The Bertz CT molecular complexity index is 728. The van der Waals surface area contributed by atoms with Crippen LogP contribution in [0, 0.1) is 0 Å². The summed E-state index contributed by atoms with van der Waals surface area (Å²) >= 11 is 10.9. The van der Waals surface area contributed by atoms with E-state index in [2.05, 4.69) is 15.8 Å². The van der Waals surface area contributed by atoms with Crippen LogP contribution in [-0.4, -0.2) is 28.1 Å². The number of halogens is 1. The number of rotatable bonds is 5. The summed E-state index contributed by atoms with van der Waals surface area (Å²) in [5.74, 6) is 0.0949. The fourth-order valence-corrected chi connectivity index (χ4v) is 2.20. The molecule has 0 fully saturated rings. The first-order valence-electron chi connectivity index (χ1n) is 7.04. The Morgan fingerprint density at radius 2 is 2.00 bits per heavy atom. The highest BCUT2D eigenvalue weighted by Gasteiger charge is 2.06. The summed E-state index contributed by atoms with van der Waals surface area (Å²) in [5.41, 5.74) is 3.94. The highest BCUT2D eigenvalue weighted by Crippen LogP contribution is 2.33. The van der Waals surface area contributed by atoms with Gasteiger partial charge in [-0.2, -0.15) is 5.10 Å². The monoisotopic (exact) mass is 365 g/mol. The van der Waals surface area contributed by atoms with Gasteiger partial charge >= 0.3 is 0 Å². The minimum Gasteiger partial charge on any atom is -0.504 e. The van der Waals surface area contributed by atoms with Crippen LogP contribution in [0.15, 0.2) is 41.5 Å². The van der Waals surface area contributed by atoms with E-state index in [1.807, 2.05) is 31.2 Å². The highest BCUT2D eigenvalue weighted by molar-refractivity contribution is 7.80. The van der Waals surface area contributed by atoms with E-state index in [4.69, 9.17) is 28.6 Å². The van der Waals surface area contributed by atoms with Gasteiger partial charge in [0.25, 0.3) is 0 Å². The number of anilines is 1. The zero-order valence-corrected chi connectivity index (χ0v) is 14.4. The van der Waals surface area contributed by atoms with Gasteiger partial charge in [-0.3, -0.25) is 5.43 Å². The molecule has 2 aromatic carbocycles. The van der Waals surface area contributed by atoms with E-state index < -0.39 is 0 Å². The van der Waals surface area contributed by atoms with Crippen LogP contribution in [-0.2, 0) is 0 Å². The molecule has 0 aliphatic heterocycles. The molecule has 0 aliphatic rings. The van der Waals surface area contributed by atoms with Crippen LogP contribution in [0.1, 0.15) is 12.5 Å². The fourth-order valence-electron chi connectivity index (χ4n) is 1.81. The van der Waals surface area contributed by atoms with Crippen LogP contribution in [0.2, 0.25) is 5.02 Å². The number of thiocarbonyl (C=S) groups is 1. The second-order valence-electron chi connectivity index (χ2n) is 4.65. The van der Waals surface area contributed by atoms with E-state index in [9.17, 15) is 10.2 Å². The topological polar surface area (TPSA) is 86.1 Å². The fraction of sp³-hybridized carbons (Fsp3) is 0.125. The van der Waals surface area contributed by atoms with Crippen molar-refractivity contribution in [2.45, 2.75) is 6.92 Å². The molecule has 0 amide bonds. The van der Waals surface area contributed by atoms with Gasteiger partial charge in [0.1, 0.15) is 5.75 Å². The number of phenols is 2. The first kappa shape index (κ1) is 17.8. The molecule has 0 radical (unpaired) electrons. The predicted octanol–water partition coefficient (Wildman–Crippen LogP) is 3.47. The number of nitrogens with one attached hydrogen (secondary N) is 2. The van der Waals surface area contributed by atoms with Gasteiger partial charge in [-0.05, 0) is 61.1 Å². The molecular formula is C16H16ClN3O3S. The van der Waals surface area contributed by atoms with Gasteiger partial charge in [0.15, 0.2) is 16.6 Å². The molecule has 0 saturated heterocycles. The first-order valence-corrected chi connectivity index (χ1v) is 7.82. The van der Waals surface area contributed by atoms with Crippen molar-refractivity contribution in [1.29, 1.82) is 0 Å². The van der Waals surface area contributed by atoms with Crippen LogP contribution in [0.3, 0.4) is 0 Å². The maximum absolute atomic E-state index is 9.48. The van der Waals surface area contributed by atoms with Crippen molar-refractivity contribution in [3.63, 3.8) is 0 Å². The van der Waals surface area contributed by atoms with Crippen LogP contribution in [0.4, 0.5) is 5.69 Å². The minimum atomic E-state index is -0.366. The van der Waals surface area contributed by atoms with Gasteiger partial charge < -0.3 is 20.3 Å². The van der Waals surface area contributed by atoms with E-state index in [1.165, 1.54) is 18.3 Å². The molecule has 0 bridgehead atoms. The van der Waals surface area contributed by atoms with Gasteiger partial charge in [-0.25, -0.2) is 0 Å². The van der Waals surface area contributed by atoms with E-state index in [1.54, 1.807) is 0 Å². The summed E-state index contributed by atoms with van der Waals surface area (Å²) in [5, 5.41) is 26.1. The molecule has 0 saturated carbocycles. The predicted molar refractivity (Wildman–Crippen MR) is 99.3 cm³/mol. The number of hydrogen-bond donors (Lipinski definition) is 4. The lowest BCUT2D eigenvalue weighted by molar-refractivity contribution is 0.340. The molecule has 0 aliphatic carbocycles. The van der Waals surface area contributed by atoms with Crippen molar-refractivity contribution >= 4 is 40.8 Å². The number of hydrazone groups is 1. The summed E-state index contributed by atoms with van der Waals surface area (Å²) in [6.07, 6.45) is 1.41. The van der Waals surface area contributed by atoms with Crippen LogP contribution in [0.5, 0.6) is 17.2 Å². The van der Waals surface area contributed by atoms with Gasteiger partial charge in [0.05, 0.1) is 17.8 Å². The lowest BCUT2D eigenvalue weighted by Gasteiger charge is -2.08. The number of phenolic OH excluding ortho intramolecular Hbond substituents is 2. The molecule has 6 nitrogen and oxygen atoms in total. The summed E-state index contributed by atoms with van der Waals surface area (Å²) < 4.78 is 5.36. The van der Waals surface area contributed by atoms with Gasteiger partial charge in [-0.1, -0.05) is 11.6 Å². The zero-order valence-electron chi connectivity index (χ0n) is 12.8. The average molecular weight is 366 g/mol. The quantitative estimate of drug-likeness (QED) is 0.281. The maximum Gasteiger partial charge on any atom is 0.191 e. The molecule has 2 rings (SSSR count). The van der Waals surface area contributed by atoms with Crippen molar-refractivity contribution in [3.8, 4) is 17.2 Å². The van der Waals surface area contributed by atoms with Gasteiger partial charge in [-0.15, -0.1) is 0 Å². The molecule has 8 heteroatoms. The molecule has 0 heterocycles. The Balaban J connectivity index is 1.90. The van der Waals surface area contributed by atoms with Crippen LogP contribution in [0.25, 0.3) is 0 Å². The van der Waals surface area contributed by atoms with Crippen molar-refractivity contribution in [2.24, 2.45) is 5.10 Å². The third-order valence-corrected chi connectivity index (χ3v) is 3.35. The molecule has 126 valence electrons. The summed E-state index contributed by atoms with van der Waals surface area (Å²) in [6, 6.07) is 10.1. The highest BCUT2D eigenvalue weighted by atomic mass is 35.5. The second kappa shape index (κ2) is 8.37. The van der Waals surface area contributed by atoms with Crippen molar-refractivity contribution < 1.29 is 14.9 Å². The third kappa shape index (κ3) is 5.00. The molecule has 0 spiro atoms. The Morgan fingerprint density at radius 1 is 1.29 bits per heavy atom. The molecule has 0 atom stereocenters. The van der Waals surface area contributed by atoms with Crippen molar-refractivity contribution in [2.75, 3.05) is 11.9 Å². The normalized spacial score (nSPS) is 10.6. The Hall–Kier alpha value is -2.51. The third-order valence-electron chi connectivity index (χ3n) is 2.87. The average Bonchev–Trinajstić information content (AvgIpc) is 2.54. The lowest BCUT2D eigenvalue weighted by Crippen LogP contribution is -2.23. The Kier molecular flexibility index (Phi) is 6.22. The van der Waals surface area contributed by atoms with Crippen molar-refractivity contribution in [1.82, 2.24) is 5.43 Å². The molecule has 0 aromatic heterocycles. The summed E-state index contributed by atoms with van der Waals surface area (Å²) in [4.78, 5) is 0. The van der Waals surface area contributed by atoms with Crippen molar-refractivity contribution in [3.05, 3.63) is 47.0 Å². The SMILES string of the molecule is CCOc1ccc(NC(=S)N/N=C/c2cc(O)c(O)c(Cl)c2)cc1. The number of benzene rings is 2. The van der Waals surface area contributed by atoms with Gasteiger partial charge in [0, 0.05) is 5.69 Å².